The van der Waals surface area contributed by atoms with Crippen molar-refractivity contribution in [3.63, 3.8) is 0 Å². The van der Waals surface area contributed by atoms with Crippen LogP contribution in [0, 0.1) is 6.92 Å². The maximum Gasteiger partial charge on any atom is 0.257 e. The lowest BCUT2D eigenvalue weighted by atomic mass is 10.1. The Bertz CT molecular complexity index is 656. The third-order valence-electron chi connectivity index (χ3n) is 3.13. The number of rotatable bonds is 4. The van der Waals surface area contributed by atoms with Gasteiger partial charge in [0.15, 0.2) is 0 Å². The molecule has 1 aromatic carbocycles. The van der Waals surface area contributed by atoms with Crippen molar-refractivity contribution in [2.75, 3.05) is 14.2 Å². The van der Waals surface area contributed by atoms with Crippen molar-refractivity contribution >= 4 is 5.91 Å². The summed E-state index contributed by atoms with van der Waals surface area (Å²) in [5.41, 5.74) is 1.95. The first-order valence-electron chi connectivity index (χ1n) is 6.56. The highest BCUT2D eigenvalue weighted by molar-refractivity contribution is 5.96. The van der Waals surface area contributed by atoms with Crippen molar-refractivity contribution < 1.29 is 14.6 Å². The van der Waals surface area contributed by atoms with Gasteiger partial charge in [-0.3, -0.25) is 9.78 Å². The van der Waals surface area contributed by atoms with Crippen molar-refractivity contribution in [1.82, 2.24) is 9.88 Å². The van der Waals surface area contributed by atoms with Gasteiger partial charge < -0.3 is 14.7 Å². The average molecular weight is 286 g/mol. The summed E-state index contributed by atoms with van der Waals surface area (Å²) in [5, 5.41) is 9.91. The highest BCUT2D eigenvalue weighted by atomic mass is 16.5. The molecule has 110 valence electrons. The van der Waals surface area contributed by atoms with Crippen LogP contribution >= 0.6 is 0 Å². The number of aryl methyl sites for hydroxylation is 1. The van der Waals surface area contributed by atoms with E-state index in [-0.39, 0.29) is 17.2 Å². The molecule has 2 rings (SSSR count). The molecule has 0 atom stereocenters. The molecule has 0 radical (unpaired) electrons. The Balaban J connectivity index is 2.15. The monoisotopic (exact) mass is 286 g/mol. The molecule has 1 N–H and O–H groups in total. The van der Waals surface area contributed by atoms with E-state index in [4.69, 9.17) is 4.74 Å². The molecule has 5 nitrogen and oxygen atoms in total. The smallest absolute Gasteiger partial charge is 0.257 e. The van der Waals surface area contributed by atoms with Crippen LogP contribution < -0.4 is 4.74 Å². The molecule has 0 aliphatic carbocycles. The molecule has 1 heterocycles. The Labute approximate surface area is 123 Å². The fourth-order valence-corrected chi connectivity index (χ4v) is 2.03. The Kier molecular flexibility index (Phi) is 4.42. The molecule has 1 aromatic heterocycles. The third kappa shape index (κ3) is 3.51. The van der Waals surface area contributed by atoms with Crippen LogP contribution in [0.25, 0.3) is 0 Å². The number of amides is 1. The highest BCUT2D eigenvalue weighted by Crippen LogP contribution is 2.24. The van der Waals surface area contributed by atoms with Gasteiger partial charge in [-0.25, -0.2) is 0 Å². The minimum Gasteiger partial charge on any atom is -0.507 e. The quantitative estimate of drug-likeness (QED) is 0.937. The summed E-state index contributed by atoms with van der Waals surface area (Å²) in [7, 11) is 3.18. The molecule has 0 saturated carbocycles. The maximum absolute atomic E-state index is 12.4. The van der Waals surface area contributed by atoms with E-state index in [9.17, 15) is 9.90 Å². The summed E-state index contributed by atoms with van der Waals surface area (Å²) in [6.45, 7) is 2.28. The normalized spacial score (nSPS) is 10.2. The Morgan fingerprint density at radius 1 is 1.33 bits per heavy atom. The zero-order valence-electron chi connectivity index (χ0n) is 12.3. The number of benzene rings is 1. The van der Waals surface area contributed by atoms with Crippen molar-refractivity contribution in [3.8, 4) is 11.5 Å². The lowest BCUT2D eigenvalue weighted by Gasteiger charge is -2.18. The molecule has 21 heavy (non-hydrogen) atoms. The fraction of sp³-hybridized carbons (Fsp3) is 0.250. The molecule has 0 bridgehead atoms. The van der Waals surface area contributed by atoms with E-state index in [1.807, 2.05) is 25.1 Å². The predicted molar refractivity (Wildman–Crippen MR) is 79.4 cm³/mol. The van der Waals surface area contributed by atoms with E-state index in [2.05, 4.69) is 4.98 Å². The number of nitrogens with zero attached hydrogens (tertiary/aromatic N) is 2. The van der Waals surface area contributed by atoms with Gasteiger partial charge in [0.25, 0.3) is 5.91 Å². The number of methoxy groups -OCH3 is 1. The standard InChI is InChI=1S/C16H18N2O3/c1-11-5-4-6-12(17-11)10-18(2)16(20)14-8-7-13(21-3)9-15(14)19/h4-9,19H,10H2,1-3H3. The van der Waals surface area contributed by atoms with Gasteiger partial charge in [-0.2, -0.15) is 0 Å². The molecule has 0 spiro atoms. The van der Waals surface area contributed by atoms with Crippen molar-refractivity contribution in [2.45, 2.75) is 13.5 Å². The zero-order valence-corrected chi connectivity index (χ0v) is 12.3. The lowest BCUT2D eigenvalue weighted by molar-refractivity contribution is 0.0780. The second-order valence-corrected chi connectivity index (χ2v) is 4.81. The largest absolute Gasteiger partial charge is 0.507 e. The number of phenolic OH excluding ortho intramolecular Hbond substituents is 1. The molecule has 0 saturated heterocycles. The predicted octanol–water partition coefficient (Wildman–Crippen LogP) is 2.38. The first-order chi connectivity index (χ1) is 10.0. The number of hydrogen-bond acceptors (Lipinski definition) is 4. The van der Waals surface area contributed by atoms with Crippen molar-refractivity contribution in [3.05, 3.63) is 53.3 Å². The van der Waals surface area contributed by atoms with Crippen LogP contribution in [0.3, 0.4) is 0 Å². The number of ether oxygens (including phenoxy) is 1. The van der Waals surface area contributed by atoms with Crippen LogP contribution in [0.5, 0.6) is 11.5 Å². The van der Waals surface area contributed by atoms with Crippen LogP contribution in [0.1, 0.15) is 21.7 Å². The van der Waals surface area contributed by atoms with E-state index < -0.39 is 0 Å². The van der Waals surface area contributed by atoms with Crippen LogP contribution in [0.15, 0.2) is 36.4 Å². The zero-order chi connectivity index (χ0) is 15.4. The van der Waals surface area contributed by atoms with Crippen LogP contribution in [-0.2, 0) is 6.54 Å². The van der Waals surface area contributed by atoms with Gasteiger partial charge in [-0.15, -0.1) is 0 Å². The van der Waals surface area contributed by atoms with Gasteiger partial charge in [0.2, 0.25) is 0 Å². The number of hydrogen-bond donors (Lipinski definition) is 1. The lowest BCUT2D eigenvalue weighted by Crippen LogP contribution is -2.26. The molecule has 0 unspecified atom stereocenters. The van der Waals surface area contributed by atoms with Crippen molar-refractivity contribution in [1.29, 1.82) is 0 Å². The van der Waals surface area contributed by atoms with Crippen LogP contribution in [0.2, 0.25) is 0 Å². The maximum atomic E-state index is 12.4. The number of aromatic hydroxyl groups is 1. The number of aromatic nitrogens is 1. The first kappa shape index (κ1) is 14.8. The molecule has 0 aliphatic rings. The summed E-state index contributed by atoms with van der Waals surface area (Å²) in [5.74, 6) is 0.147. The Morgan fingerprint density at radius 2 is 2.10 bits per heavy atom. The summed E-state index contributed by atoms with van der Waals surface area (Å²) in [6, 6.07) is 10.3. The third-order valence-corrected chi connectivity index (χ3v) is 3.13. The van der Waals surface area contributed by atoms with Gasteiger partial charge in [-0.05, 0) is 31.2 Å². The van der Waals surface area contributed by atoms with Gasteiger partial charge in [0.05, 0.1) is 24.9 Å². The molecular formula is C16H18N2O3. The van der Waals surface area contributed by atoms with Gasteiger partial charge >= 0.3 is 0 Å². The topological polar surface area (TPSA) is 62.7 Å². The van der Waals surface area contributed by atoms with Crippen molar-refractivity contribution in [2.24, 2.45) is 0 Å². The first-order valence-corrected chi connectivity index (χ1v) is 6.56. The molecular weight excluding hydrogens is 268 g/mol. The average Bonchev–Trinajstić information content (AvgIpc) is 2.46. The molecule has 2 aromatic rings. The van der Waals surface area contributed by atoms with Gasteiger partial charge in [-0.1, -0.05) is 6.07 Å². The Hall–Kier alpha value is -2.56. The summed E-state index contributed by atoms with van der Waals surface area (Å²) in [6.07, 6.45) is 0. The van der Waals surface area contributed by atoms with Crippen LogP contribution in [-0.4, -0.2) is 35.1 Å². The number of pyridine rings is 1. The minimum atomic E-state index is -0.265. The summed E-state index contributed by atoms with van der Waals surface area (Å²) >= 11 is 0. The number of carbonyl (C=O) groups is 1. The summed E-state index contributed by atoms with van der Waals surface area (Å²) < 4.78 is 5.00. The molecule has 0 aliphatic heterocycles. The van der Waals surface area contributed by atoms with Gasteiger partial charge in [0, 0.05) is 18.8 Å². The van der Waals surface area contributed by atoms with E-state index >= 15 is 0 Å². The van der Waals surface area contributed by atoms with E-state index in [1.165, 1.54) is 18.1 Å². The number of carbonyl (C=O) groups excluding carboxylic acids is 1. The van der Waals surface area contributed by atoms with Crippen LogP contribution in [0.4, 0.5) is 0 Å². The SMILES string of the molecule is COc1ccc(C(=O)N(C)Cc2cccc(C)n2)c(O)c1. The second-order valence-electron chi connectivity index (χ2n) is 4.81. The fourth-order valence-electron chi connectivity index (χ4n) is 2.03. The number of phenols is 1. The second kappa shape index (κ2) is 6.26. The minimum absolute atomic E-state index is 0.0941. The molecule has 5 heteroatoms. The van der Waals surface area contributed by atoms with E-state index in [1.54, 1.807) is 19.2 Å². The molecule has 0 fully saturated rings. The van der Waals surface area contributed by atoms with Gasteiger partial charge in [0.1, 0.15) is 11.5 Å². The van der Waals surface area contributed by atoms with E-state index in [0.717, 1.165) is 11.4 Å². The summed E-state index contributed by atoms with van der Waals surface area (Å²) in [4.78, 5) is 18.2. The highest BCUT2D eigenvalue weighted by Gasteiger charge is 2.17. The Morgan fingerprint density at radius 3 is 2.71 bits per heavy atom. The molecule has 1 amide bonds. The van der Waals surface area contributed by atoms with E-state index in [0.29, 0.717) is 12.3 Å².